The standard InChI is InChI=1S/C21H17NO3/c23-20-8-6-16(7-9-20)4-5-17-10-12-22(13-11-17)15-18-2-1-3-19(14-18)21(24)25/h1-14H,15H2,(H,24,25)/p+1. The number of aromatic hydroxyl groups is 1. The monoisotopic (exact) mass is 332 g/mol. The molecule has 0 fully saturated rings. The van der Waals surface area contributed by atoms with E-state index in [1.54, 1.807) is 30.3 Å². The third-order valence-corrected chi connectivity index (χ3v) is 3.82. The number of aromatic nitrogens is 1. The van der Waals surface area contributed by atoms with Crippen LogP contribution in [0.1, 0.15) is 27.0 Å². The minimum atomic E-state index is -0.915. The Morgan fingerprint density at radius 3 is 2.20 bits per heavy atom. The van der Waals surface area contributed by atoms with Gasteiger partial charge in [0, 0.05) is 17.7 Å². The molecule has 0 saturated heterocycles. The molecule has 0 saturated carbocycles. The lowest BCUT2D eigenvalue weighted by molar-refractivity contribution is -0.688. The van der Waals surface area contributed by atoms with Crippen LogP contribution in [0.15, 0.2) is 73.1 Å². The number of hydrogen-bond donors (Lipinski definition) is 2. The first-order valence-electron chi connectivity index (χ1n) is 7.88. The molecule has 1 aromatic heterocycles. The Kier molecular flexibility index (Phi) is 4.90. The summed E-state index contributed by atoms with van der Waals surface area (Å²) in [7, 11) is 0. The highest BCUT2D eigenvalue weighted by Gasteiger charge is 2.07. The van der Waals surface area contributed by atoms with Gasteiger partial charge in [0.25, 0.3) is 0 Å². The zero-order chi connectivity index (χ0) is 17.6. The molecule has 0 aliphatic carbocycles. The molecule has 4 nitrogen and oxygen atoms in total. The SMILES string of the molecule is O=C(O)c1cccc(C[n+]2ccc(/C=C\c3ccc(O)cc3)cc2)c1. The van der Waals surface area contributed by atoms with Gasteiger partial charge >= 0.3 is 5.97 Å². The fourth-order valence-corrected chi connectivity index (χ4v) is 2.48. The van der Waals surface area contributed by atoms with Gasteiger partial charge in [-0.1, -0.05) is 36.4 Å². The molecule has 3 rings (SSSR count). The second-order valence-corrected chi connectivity index (χ2v) is 5.73. The highest BCUT2D eigenvalue weighted by atomic mass is 16.4. The van der Waals surface area contributed by atoms with E-state index >= 15 is 0 Å². The first-order chi connectivity index (χ1) is 12.1. The summed E-state index contributed by atoms with van der Waals surface area (Å²) in [6.07, 6.45) is 7.91. The number of rotatable bonds is 5. The van der Waals surface area contributed by atoms with Crippen molar-refractivity contribution < 1.29 is 19.6 Å². The summed E-state index contributed by atoms with van der Waals surface area (Å²) in [6, 6.07) is 18.0. The summed E-state index contributed by atoms with van der Waals surface area (Å²) in [6.45, 7) is 0.614. The topological polar surface area (TPSA) is 61.4 Å². The van der Waals surface area contributed by atoms with Gasteiger partial charge in [-0.15, -0.1) is 0 Å². The maximum absolute atomic E-state index is 11.0. The number of benzene rings is 2. The van der Waals surface area contributed by atoms with Crippen LogP contribution < -0.4 is 4.57 Å². The van der Waals surface area contributed by atoms with Crippen molar-refractivity contribution in [3.63, 3.8) is 0 Å². The van der Waals surface area contributed by atoms with Crippen LogP contribution in [-0.2, 0) is 6.54 Å². The van der Waals surface area contributed by atoms with Crippen molar-refractivity contribution in [3.8, 4) is 5.75 Å². The molecule has 25 heavy (non-hydrogen) atoms. The lowest BCUT2D eigenvalue weighted by Crippen LogP contribution is -2.33. The van der Waals surface area contributed by atoms with Gasteiger partial charge in [-0.05, 0) is 35.4 Å². The number of carboxylic acid groups (broad SMARTS) is 1. The van der Waals surface area contributed by atoms with E-state index in [9.17, 15) is 9.90 Å². The molecule has 0 spiro atoms. The summed E-state index contributed by atoms with van der Waals surface area (Å²) in [4.78, 5) is 11.0. The fourth-order valence-electron chi connectivity index (χ4n) is 2.48. The Morgan fingerprint density at radius 2 is 1.56 bits per heavy atom. The van der Waals surface area contributed by atoms with Crippen LogP contribution in [0.25, 0.3) is 12.2 Å². The van der Waals surface area contributed by atoms with Gasteiger partial charge in [-0.25, -0.2) is 9.36 Å². The smallest absolute Gasteiger partial charge is 0.335 e. The Morgan fingerprint density at radius 1 is 0.920 bits per heavy atom. The van der Waals surface area contributed by atoms with Gasteiger partial charge in [0.1, 0.15) is 5.75 Å². The molecule has 1 heterocycles. The molecule has 0 atom stereocenters. The van der Waals surface area contributed by atoms with E-state index in [0.29, 0.717) is 12.1 Å². The van der Waals surface area contributed by atoms with Gasteiger partial charge in [0.05, 0.1) is 5.56 Å². The van der Waals surface area contributed by atoms with Crippen molar-refractivity contribution >= 4 is 18.1 Å². The Balaban J connectivity index is 1.69. The van der Waals surface area contributed by atoms with E-state index in [1.807, 2.05) is 59.4 Å². The molecule has 2 aromatic carbocycles. The Bertz CT molecular complexity index is 897. The third kappa shape index (κ3) is 4.54. The molecule has 0 radical (unpaired) electrons. The molecule has 3 aromatic rings. The van der Waals surface area contributed by atoms with Crippen molar-refractivity contribution in [2.75, 3.05) is 0 Å². The highest BCUT2D eigenvalue weighted by Crippen LogP contribution is 2.12. The largest absolute Gasteiger partial charge is 0.508 e. The van der Waals surface area contributed by atoms with Crippen molar-refractivity contribution in [2.45, 2.75) is 6.54 Å². The maximum Gasteiger partial charge on any atom is 0.335 e. The number of pyridine rings is 1. The van der Waals surface area contributed by atoms with Crippen LogP contribution >= 0.6 is 0 Å². The zero-order valence-electron chi connectivity index (χ0n) is 13.5. The van der Waals surface area contributed by atoms with Gasteiger partial charge in [-0.2, -0.15) is 0 Å². The van der Waals surface area contributed by atoms with E-state index in [0.717, 1.165) is 16.7 Å². The fraction of sp³-hybridized carbons (Fsp3) is 0.0476. The van der Waals surface area contributed by atoms with Crippen LogP contribution in [0.2, 0.25) is 0 Å². The van der Waals surface area contributed by atoms with Crippen LogP contribution in [0.3, 0.4) is 0 Å². The second kappa shape index (κ2) is 7.45. The average Bonchev–Trinajstić information content (AvgIpc) is 2.63. The van der Waals surface area contributed by atoms with Crippen LogP contribution in [0.5, 0.6) is 5.75 Å². The molecule has 0 aliphatic heterocycles. The molecule has 0 amide bonds. The summed E-state index contributed by atoms with van der Waals surface area (Å²) in [5, 5.41) is 18.3. The molecule has 2 N–H and O–H groups in total. The Labute approximate surface area is 145 Å². The Hall–Kier alpha value is -3.40. The van der Waals surface area contributed by atoms with Crippen molar-refractivity contribution in [3.05, 3.63) is 95.3 Å². The molecule has 4 heteroatoms. The first kappa shape index (κ1) is 16.5. The first-order valence-corrected chi connectivity index (χ1v) is 7.88. The van der Waals surface area contributed by atoms with Crippen LogP contribution in [-0.4, -0.2) is 16.2 Å². The quantitative estimate of drug-likeness (QED) is 0.702. The minimum Gasteiger partial charge on any atom is -0.508 e. The van der Waals surface area contributed by atoms with E-state index < -0.39 is 5.97 Å². The zero-order valence-corrected chi connectivity index (χ0v) is 13.5. The lowest BCUT2D eigenvalue weighted by Gasteiger charge is -2.00. The maximum atomic E-state index is 11.0. The summed E-state index contributed by atoms with van der Waals surface area (Å²) < 4.78 is 2.00. The number of hydrogen-bond acceptors (Lipinski definition) is 2. The van der Waals surface area contributed by atoms with Crippen LogP contribution in [0, 0.1) is 0 Å². The van der Waals surface area contributed by atoms with E-state index in [1.165, 1.54) is 0 Å². The second-order valence-electron chi connectivity index (χ2n) is 5.73. The van der Waals surface area contributed by atoms with Gasteiger partial charge in [0.2, 0.25) is 0 Å². The highest BCUT2D eigenvalue weighted by molar-refractivity contribution is 5.87. The third-order valence-electron chi connectivity index (χ3n) is 3.82. The van der Waals surface area contributed by atoms with Crippen molar-refractivity contribution in [1.82, 2.24) is 0 Å². The average molecular weight is 332 g/mol. The number of carbonyl (C=O) groups is 1. The summed E-state index contributed by atoms with van der Waals surface area (Å²) >= 11 is 0. The summed E-state index contributed by atoms with van der Waals surface area (Å²) in [5.41, 5.74) is 3.31. The molecular formula is C21H18NO3+. The summed E-state index contributed by atoms with van der Waals surface area (Å²) in [5.74, 6) is -0.661. The van der Waals surface area contributed by atoms with Gasteiger partial charge < -0.3 is 10.2 Å². The van der Waals surface area contributed by atoms with E-state index in [2.05, 4.69) is 0 Å². The van der Waals surface area contributed by atoms with Crippen molar-refractivity contribution in [2.24, 2.45) is 0 Å². The number of phenols is 1. The minimum absolute atomic E-state index is 0.255. The lowest BCUT2D eigenvalue weighted by atomic mass is 10.1. The van der Waals surface area contributed by atoms with E-state index in [4.69, 9.17) is 5.11 Å². The predicted molar refractivity (Wildman–Crippen MR) is 96.2 cm³/mol. The number of nitrogens with zero attached hydrogens (tertiary/aromatic N) is 1. The molecular weight excluding hydrogens is 314 g/mol. The number of aromatic carboxylic acids is 1. The van der Waals surface area contributed by atoms with Gasteiger partial charge in [0.15, 0.2) is 18.9 Å². The number of carboxylic acids is 1. The number of phenolic OH excluding ortho intramolecular Hbond substituents is 1. The normalized spacial score (nSPS) is 10.9. The molecule has 0 aliphatic rings. The predicted octanol–water partition coefficient (Wildman–Crippen LogP) is 3.60. The molecule has 0 bridgehead atoms. The van der Waals surface area contributed by atoms with Crippen LogP contribution in [0.4, 0.5) is 0 Å². The van der Waals surface area contributed by atoms with Crippen molar-refractivity contribution in [1.29, 1.82) is 0 Å². The van der Waals surface area contributed by atoms with Gasteiger partial charge in [-0.3, -0.25) is 0 Å². The van der Waals surface area contributed by atoms with E-state index in [-0.39, 0.29) is 5.75 Å². The molecule has 124 valence electrons. The molecule has 0 unspecified atom stereocenters.